The minimum absolute atomic E-state index is 0.108. The molecule has 1 aromatic carbocycles. The number of carbonyl (C=O) groups excluding carboxylic acids is 2. The molecule has 1 amide bonds. The van der Waals surface area contributed by atoms with Crippen LogP contribution < -0.4 is 10.1 Å². The maximum Gasteiger partial charge on any atom is 0.337 e. The number of benzene rings is 1. The van der Waals surface area contributed by atoms with E-state index in [0.29, 0.717) is 5.69 Å². The lowest BCUT2D eigenvalue weighted by molar-refractivity contribution is -0.136. The monoisotopic (exact) mass is 358 g/mol. The lowest BCUT2D eigenvalue weighted by Crippen LogP contribution is -2.31. The Labute approximate surface area is 151 Å². The normalized spacial score (nSPS) is 17.8. The topological polar surface area (TPSA) is 88.1 Å². The third kappa shape index (κ3) is 3.43. The quantitative estimate of drug-likeness (QED) is 0.777. The van der Waals surface area contributed by atoms with Crippen LogP contribution in [0.15, 0.2) is 35.5 Å². The summed E-state index contributed by atoms with van der Waals surface area (Å²) in [5.41, 5.74) is 1.59. The first-order valence-corrected chi connectivity index (χ1v) is 8.35. The van der Waals surface area contributed by atoms with Crippen LogP contribution in [0.1, 0.15) is 19.4 Å². The summed E-state index contributed by atoms with van der Waals surface area (Å²) in [5.74, 6) is -0.154. The Bertz CT molecular complexity index is 810. The summed E-state index contributed by atoms with van der Waals surface area (Å²) in [6.45, 7) is 4.03. The van der Waals surface area contributed by atoms with Crippen molar-refractivity contribution in [2.24, 2.45) is 0 Å². The van der Waals surface area contributed by atoms with Crippen LogP contribution in [0.5, 0.6) is 5.75 Å². The van der Waals surface area contributed by atoms with Gasteiger partial charge in [-0.2, -0.15) is 0 Å². The third-order valence-electron chi connectivity index (χ3n) is 4.27. The van der Waals surface area contributed by atoms with Gasteiger partial charge in [-0.05, 0) is 38.1 Å². The predicted octanol–water partition coefficient (Wildman–Crippen LogP) is 1.54. The Kier molecular flexibility index (Phi) is 4.73. The average Bonchev–Trinajstić information content (AvgIpc) is 2.90. The molecule has 0 spiro atoms. The Balaban J connectivity index is 1.89. The first-order valence-electron chi connectivity index (χ1n) is 8.35. The molecule has 138 valence electrons. The number of rotatable bonds is 5. The van der Waals surface area contributed by atoms with Crippen LogP contribution in [0.2, 0.25) is 0 Å². The van der Waals surface area contributed by atoms with E-state index >= 15 is 0 Å². The largest absolute Gasteiger partial charge is 0.483 e. The number of anilines is 1. The molecule has 0 radical (unpaired) electrons. The molecule has 2 aliphatic heterocycles. The van der Waals surface area contributed by atoms with E-state index in [1.807, 2.05) is 38.1 Å². The molecule has 2 N–H and O–H groups in total. The van der Waals surface area contributed by atoms with Crippen molar-refractivity contribution in [1.82, 2.24) is 4.90 Å². The van der Waals surface area contributed by atoms with Gasteiger partial charge in [0.05, 0.1) is 25.8 Å². The number of esters is 1. The molecule has 7 heteroatoms. The van der Waals surface area contributed by atoms with Crippen LogP contribution in [-0.4, -0.2) is 54.3 Å². The van der Waals surface area contributed by atoms with Gasteiger partial charge in [0.1, 0.15) is 17.0 Å². The van der Waals surface area contributed by atoms with Crippen molar-refractivity contribution in [1.29, 1.82) is 0 Å². The molecular formula is C19H22N2O5. The molecule has 0 bridgehead atoms. The maximum atomic E-state index is 12.6. The molecule has 0 aliphatic carbocycles. The Morgan fingerprint density at radius 1 is 1.42 bits per heavy atom. The van der Waals surface area contributed by atoms with Crippen molar-refractivity contribution < 1.29 is 24.2 Å². The molecule has 0 saturated heterocycles. The van der Waals surface area contributed by atoms with Gasteiger partial charge < -0.3 is 24.8 Å². The van der Waals surface area contributed by atoms with Crippen molar-refractivity contribution in [2.45, 2.75) is 19.4 Å². The number of aliphatic hydroxyl groups is 1. The Morgan fingerprint density at radius 2 is 2.19 bits per heavy atom. The van der Waals surface area contributed by atoms with Gasteiger partial charge in [-0.1, -0.05) is 6.08 Å². The van der Waals surface area contributed by atoms with Crippen molar-refractivity contribution in [2.75, 3.05) is 32.1 Å². The highest BCUT2D eigenvalue weighted by atomic mass is 16.5. The van der Waals surface area contributed by atoms with Gasteiger partial charge in [0, 0.05) is 17.8 Å². The van der Waals surface area contributed by atoms with Gasteiger partial charge in [-0.15, -0.1) is 0 Å². The number of amides is 1. The van der Waals surface area contributed by atoms with Crippen LogP contribution in [0.3, 0.4) is 0 Å². The van der Waals surface area contributed by atoms with Gasteiger partial charge in [0.25, 0.3) is 5.91 Å². The molecule has 26 heavy (non-hydrogen) atoms. The van der Waals surface area contributed by atoms with Crippen molar-refractivity contribution in [3.8, 4) is 5.75 Å². The predicted molar refractivity (Wildman–Crippen MR) is 96.5 cm³/mol. The SMILES string of the molecule is COC(=O)C1=C(Nc2ccc3c(c2)C=CC(C)(C)O3)C(=O)N(CCO)C1. The molecule has 0 fully saturated rings. The molecule has 3 rings (SSSR count). The molecule has 1 aromatic rings. The standard InChI is InChI=1S/C19H22N2O5/c1-19(2)7-6-12-10-13(4-5-15(12)26-19)20-16-14(18(24)25-3)11-21(8-9-22)17(16)23/h4-7,10,20,22H,8-9,11H2,1-3H3. The summed E-state index contributed by atoms with van der Waals surface area (Å²) in [5, 5.41) is 12.1. The summed E-state index contributed by atoms with van der Waals surface area (Å²) in [4.78, 5) is 26.0. The van der Waals surface area contributed by atoms with E-state index in [1.165, 1.54) is 12.0 Å². The second-order valence-electron chi connectivity index (χ2n) is 6.71. The second kappa shape index (κ2) is 6.84. The molecule has 0 unspecified atom stereocenters. The van der Waals surface area contributed by atoms with Gasteiger partial charge in [0.2, 0.25) is 0 Å². The van der Waals surface area contributed by atoms with Crippen LogP contribution in [0.25, 0.3) is 6.08 Å². The fourth-order valence-electron chi connectivity index (χ4n) is 2.95. The maximum absolute atomic E-state index is 12.6. The number of carbonyl (C=O) groups is 2. The average molecular weight is 358 g/mol. The number of ether oxygens (including phenoxy) is 2. The van der Waals surface area contributed by atoms with E-state index in [4.69, 9.17) is 14.6 Å². The zero-order valence-corrected chi connectivity index (χ0v) is 15.0. The minimum atomic E-state index is -0.566. The molecule has 2 aliphatic rings. The van der Waals surface area contributed by atoms with Crippen molar-refractivity contribution >= 4 is 23.6 Å². The highest BCUT2D eigenvalue weighted by Crippen LogP contribution is 2.33. The molecule has 2 heterocycles. The van der Waals surface area contributed by atoms with Crippen LogP contribution >= 0.6 is 0 Å². The number of hydrogen-bond donors (Lipinski definition) is 2. The zero-order chi connectivity index (χ0) is 18.9. The van der Waals surface area contributed by atoms with Gasteiger partial charge in [-0.25, -0.2) is 4.79 Å². The van der Waals surface area contributed by atoms with Crippen molar-refractivity contribution in [3.05, 3.63) is 41.1 Å². The van der Waals surface area contributed by atoms with E-state index < -0.39 is 5.97 Å². The lowest BCUT2D eigenvalue weighted by Gasteiger charge is -2.28. The molecule has 0 aromatic heterocycles. The van der Waals surface area contributed by atoms with Crippen LogP contribution in [-0.2, 0) is 14.3 Å². The summed E-state index contributed by atoms with van der Waals surface area (Å²) in [7, 11) is 1.27. The Hall–Kier alpha value is -2.80. The molecule has 7 nitrogen and oxygen atoms in total. The number of nitrogens with one attached hydrogen (secondary N) is 1. The minimum Gasteiger partial charge on any atom is -0.483 e. The number of fused-ring (bicyclic) bond motifs is 1. The van der Waals surface area contributed by atoms with Gasteiger partial charge in [-0.3, -0.25) is 4.79 Å². The van der Waals surface area contributed by atoms with Gasteiger partial charge in [0.15, 0.2) is 0 Å². The number of hydrogen-bond acceptors (Lipinski definition) is 6. The Morgan fingerprint density at radius 3 is 2.88 bits per heavy atom. The number of aliphatic hydroxyl groups excluding tert-OH is 1. The van der Waals surface area contributed by atoms with E-state index in [1.54, 1.807) is 6.07 Å². The number of β-amino-alcohol motifs (C(OH)–C–C–N with tert-alkyl or cyclic N) is 1. The molecular weight excluding hydrogens is 336 g/mol. The molecule has 0 saturated carbocycles. The van der Waals surface area contributed by atoms with E-state index in [-0.39, 0.29) is 42.5 Å². The van der Waals surface area contributed by atoms with Crippen LogP contribution in [0.4, 0.5) is 5.69 Å². The summed E-state index contributed by atoms with van der Waals surface area (Å²) in [6, 6.07) is 5.47. The highest BCUT2D eigenvalue weighted by Gasteiger charge is 2.34. The first kappa shape index (κ1) is 18.0. The van der Waals surface area contributed by atoms with Crippen molar-refractivity contribution in [3.63, 3.8) is 0 Å². The van der Waals surface area contributed by atoms with E-state index in [0.717, 1.165) is 11.3 Å². The smallest absolute Gasteiger partial charge is 0.337 e. The summed E-state index contributed by atoms with van der Waals surface area (Å²) in [6.07, 6.45) is 3.93. The fourth-order valence-corrected chi connectivity index (χ4v) is 2.95. The van der Waals surface area contributed by atoms with Crippen LogP contribution in [0, 0.1) is 0 Å². The molecule has 0 atom stereocenters. The number of methoxy groups -OCH3 is 1. The summed E-state index contributed by atoms with van der Waals surface area (Å²) >= 11 is 0. The second-order valence-corrected chi connectivity index (χ2v) is 6.71. The lowest BCUT2D eigenvalue weighted by atomic mass is 10.0. The first-order chi connectivity index (χ1) is 12.3. The zero-order valence-electron chi connectivity index (χ0n) is 15.0. The summed E-state index contributed by atoms with van der Waals surface area (Å²) < 4.78 is 10.7. The van der Waals surface area contributed by atoms with E-state index in [2.05, 4.69) is 5.32 Å². The third-order valence-corrected chi connectivity index (χ3v) is 4.27. The number of nitrogens with zero attached hydrogens (tertiary/aromatic N) is 1. The van der Waals surface area contributed by atoms with Gasteiger partial charge >= 0.3 is 5.97 Å². The van der Waals surface area contributed by atoms with E-state index in [9.17, 15) is 9.59 Å². The highest BCUT2D eigenvalue weighted by molar-refractivity contribution is 6.08. The fraction of sp³-hybridized carbons (Fsp3) is 0.368.